The number of benzene rings is 1. The molecule has 7 nitrogen and oxygen atoms in total. The molecular weight excluding hydrogens is 414 g/mol. The van der Waals surface area contributed by atoms with Crippen LogP contribution in [-0.2, 0) is 14.2 Å². The predicted octanol–water partition coefficient (Wildman–Crippen LogP) is 3.75. The zero-order chi connectivity index (χ0) is 22.3. The first-order valence-corrected chi connectivity index (χ1v) is 11.4. The molecule has 1 aromatic carbocycles. The van der Waals surface area contributed by atoms with Crippen LogP contribution >= 0.6 is 12.6 Å². The van der Waals surface area contributed by atoms with Crippen LogP contribution in [0, 0.1) is 0 Å². The summed E-state index contributed by atoms with van der Waals surface area (Å²) in [7, 11) is 0. The van der Waals surface area contributed by atoms with Crippen LogP contribution in [0.15, 0.2) is 41.6 Å². The average Bonchev–Trinajstić information content (AvgIpc) is 3.22. The molecule has 2 aromatic rings. The van der Waals surface area contributed by atoms with Gasteiger partial charge in [0.05, 0.1) is 45.3 Å². The molecule has 0 saturated heterocycles. The van der Waals surface area contributed by atoms with Crippen LogP contribution in [0.2, 0.25) is 0 Å². The van der Waals surface area contributed by atoms with E-state index in [1.54, 1.807) is 6.20 Å². The third kappa shape index (κ3) is 9.86. The Morgan fingerprint density at radius 1 is 1.03 bits per heavy atom. The van der Waals surface area contributed by atoms with E-state index in [4.69, 9.17) is 14.2 Å². The van der Waals surface area contributed by atoms with Gasteiger partial charge in [-0.05, 0) is 31.0 Å². The molecular formula is C23H35N3O4S. The van der Waals surface area contributed by atoms with Crippen LogP contribution in [0.1, 0.15) is 55.1 Å². The van der Waals surface area contributed by atoms with Crippen molar-refractivity contribution in [2.45, 2.75) is 44.0 Å². The molecule has 1 N–H and O–H groups in total. The van der Waals surface area contributed by atoms with Gasteiger partial charge in [-0.2, -0.15) is 5.10 Å². The van der Waals surface area contributed by atoms with Gasteiger partial charge in [-0.3, -0.25) is 9.48 Å². The molecule has 31 heavy (non-hydrogen) atoms. The molecule has 1 amide bonds. The molecule has 1 heterocycles. The minimum atomic E-state index is -0.115. The first kappa shape index (κ1) is 25.4. The van der Waals surface area contributed by atoms with Crippen molar-refractivity contribution < 1.29 is 19.0 Å². The zero-order valence-electron chi connectivity index (χ0n) is 18.6. The molecule has 2 rings (SSSR count). The minimum Gasteiger partial charge on any atom is -0.379 e. The molecule has 8 heteroatoms. The number of unbranched alkanes of at least 4 members (excludes halogenated alkanes) is 2. The summed E-state index contributed by atoms with van der Waals surface area (Å²) in [6.07, 6.45) is 7.10. The van der Waals surface area contributed by atoms with Gasteiger partial charge in [-0.1, -0.05) is 31.9 Å². The number of amides is 1. The van der Waals surface area contributed by atoms with Gasteiger partial charge in [0.25, 0.3) is 5.91 Å². The molecule has 1 aromatic heterocycles. The van der Waals surface area contributed by atoms with E-state index in [0.29, 0.717) is 45.1 Å². The fourth-order valence-electron chi connectivity index (χ4n) is 2.94. The lowest BCUT2D eigenvalue weighted by molar-refractivity contribution is 0.0145. The van der Waals surface area contributed by atoms with Crippen LogP contribution in [-0.4, -0.2) is 61.9 Å². The molecule has 1 unspecified atom stereocenters. The van der Waals surface area contributed by atoms with Gasteiger partial charge >= 0.3 is 0 Å². The Hall–Kier alpha value is -1.87. The predicted molar refractivity (Wildman–Crippen MR) is 124 cm³/mol. The smallest absolute Gasteiger partial charge is 0.251 e. The van der Waals surface area contributed by atoms with E-state index in [-0.39, 0.29) is 11.9 Å². The number of hydrogen-bond acceptors (Lipinski definition) is 6. The van der Waals surface area contributed by atoms with Crippen molar-refractivity contribution in [3.8, 4) is 0 Å². The van der Waals surface area contributed by atoms with Gasteiger partial charge < -0.3 is 19.5 Å². The summed E-state index contributed by atoms with van der Waals surface area (Å²) in [5.41, 5.74) is 1.69. The Bertz CT molecular complexity index is 752. The lowest BCUT2D eigenvalue weighted by Crippen LogP contribution is -2.27. The van der Waals surface area contributed by atoms with E-state index < -0.39 is 0 Å². The Morgan fingerprint density at radius 2 is 1.68 bits per heavy atom. The van der Waals surface area contributed by atoms with Gasteiger partial charge in [0.15, 0.2) is 0 Å². The summed E-state index contributed by atoms with van der Waals surface area (Å²) in [4.78, 5) is 13.1. The van der Waals surface area contributed by atoms with Crippen molar-refractivity contribution in [3.05, 3.63) is 47.8 Å². The van der Waals surface area contributed by atoms with Crippen LogP contribution in [0.25, 0.3) is 0 Å². The summed E-state index contributed by atoms with van der Waals surface area (Å²) in [5.74, 6) is -0.115. The van der Waals surface area contributed by atoms with Crippen LogP contribution in [0.3, 0.4) is 0 Å². The van der Waals surface area contributed by atoms with Crippen molar-refractivity contribution in [2.24, 2.45) is 0 Å². The number of aromatic nitrogens is 2. The number of ether oxygens (including phenoxy) is 3. The van der Waals surface area contributed by atoms with E-state index in [0.717, 1.165) is 23.5 Å². The van der Waals surface area contributed by atoms with Gasteiger partial charge in [-0.25, -0.2) is 0 Å². The van der Waals surface area contributed by atoms with Crippen molar-refractivity contribution >= 4 is 18.5 Å². The summed E-state index contributed by atoms with van der Waals surface area (Å²) < 4.78 is 18.3. The molecule has 0 bridgehead atoms. The molecule has 0 fully saturated rings. The van der Waals surface area contributed by atoms with Gasteiger partial charge in [0.1, 0.15) is 0 Å². The number of thiol groups is 1. The number of hydrogen-bond donors (Lipinski definition) is 2. The SMILES string of the molecule is CCCCCOCCOCCOCCNC(=O)c1ccc(C(C)n2cc(S)cn2)cc1. The minimum absolute atomic E-state index is 0.0706. The number of nitrogens with zero attached hydrogens (tertiary/aromatic N) is 2. The summed E-state index contributed by atoms with van der Waals surface area (Å²) in [5, 5.41) is 7.15. The summed E-state index contributed by atoms with van der Waals surface area (Å²) >= 11 is 4.28. The monoisotopic (exact) mass is 449 g/mol. The second-order valence-electron chi connectivity index (χ2n) is 7.28. The largest absolute Gasteiger partial charge is 0.379 e. The van der Waals surface area contributed by atoms with Crippen LogP contribution in [0.5, 0.6) is 0 Å². The first-order chi connectivity index (χ1) is 15.1. The Morgan fingerprint density at radius 3 is 2.29 bits per heavy atom. The number of carbonyl (C=O) groups is 1. The first-order valence-electron chi connectivity index (χ1n) is 11.0. The van der Waals surface area contributed by atoms with E-state index >= 15 is 0 Å². The van der Waals surface area contributed by atoms with Crippen LogP contribution < -0.4 is 5.32 Å². The highest BCUT2D eigenvalue weighted by Crippen LogP contribution is 2.19. The highest BCUT2D eigenvalue weighted by atomic mass is 32.1. The summed E-state index contributed by atoms with van der Waals surface area (Å²) in [6, 6.07) is 7.61. The van der Waals surface area contributed by atoms with Crippen molar-refractivity contribution in [1.29, 1.82) is 0 Å². The number of rotatable bonds is 16. The van der Waals surface area contributed by atoms with E-state index in [1.165, 1.54) is 12.8 Å². The third-order valence-electron chi connectivity index (χ3n) is 4.81. The topological polar surface area (TPSA) is 74.6 Å². The second-order valence-corrected chi connectivity index (χ2v) is 7.79. The molecule has 0 aliphatic carbocycles. The van der Waals surface area contributed by atoms with E-state index in [1.807, 2.05) is 35.1 Å². The normalized spacial score (nSPS) is 12.1. The molecule has 172 valence electrons. The lowest BCUT2D eigenvalue weighted by Gasteiger charge is -2.13. The van der Waals surface area contributed by atoms with Gasteiger partial charge in [0.2, 0.25) is 0 Å². The van der Waals surface area contributed by atoms with Crippen molar-refractivity contribution in [2.75, 3.05) is 46.2 Å². The molecule has 0 radical (unpaired) electrons. The average molecular weight is 450 g/mol. The third-order valence-corrected chi connectivity index (χ3v) is 5.04. The van der Waals surface area contributed by atoms with E-state index in [9.17, 15) is 4.79 Å². The van der Waals surface area contributed by atoms with Crippen molar-refractivity contribution in [3.63, 3.8) is 0 Å². The molecule has 0 spiro atoms. The maximum absolute atomic E-state index is 12.3. The Balaban J connectivity index is 1.53. The van der Waals surface area contributed by atoms with Crippen LogP contribution in [0.4, 0.5) is 0 Å². The molecule has 0 saturated carbocycles. The fourth-order valence-corrected chi connectivity index (χ4v) is 3.11. The second kappa shape index (κ2) is 15.0. The Labute approximate surface area is 190 Å². The molecule has 1 atom stereocenters. The van der Waals surface area contributed by atoms with Gasteiger partial charge in [0, 0.05) is 29.8 Å². The molecule has 0 aliphatic heterocycles. The fraction of sp³-hybridized carbons (Fsp3) is 0.565. The Kier molecular flexibility index (Phi) is 12.3. The quantitative estimate of drug-likeness (QED) is 0.302. The maximum atomic E-state index is 12.3. The van der Waals surface area contributed by atoms with Gasteiger partial charge in [-0.15, -0.1) is 12.6 Å². The van der Waals surface area contributed by atoms with Crippen molar-refractivity contribution in [1.82, 2.24) is 15.1 Å². The molecule has 0 aliphatic rings. The standard InChI is InChI=1S/C23H35N3O4S/c1-3-4-5-11-28-13-15-30-16-14-29-12-10-24-23(27)21-8-6-20(7-9-21)19(2)26-18-22(31)17-25-26/h6-9,17-19,31H,3-5,10-16H2,1-2H3,(H,24,27). The van der Waals surface area contributed by atoms with E-state index in [2.05, 4.69) is 36.9 Å². The highest BCUT2D eigenvalue weighted by Gasteiger charge is 2.10. The maximum Gasteiger partial charge on any atom is 0.251 e. The highest BCUT2D eigenvalue weighted by molar-refractivity contribution is 7.80. The summed E-state index contributed by atoms with van der Waals surface area (Å²) in [6.45, 7) is 8.16. The zero-order valence-corrected chi connectivity index (χ0v) is 19.5. The number of carbonyl (C=O) groups excluding carboxylic acids is 1. The lowest BCUT2D eigenvalue weighted by atomic mass is 10.1. The number of nitrogens with one attached hydrogen (secondary N) is 1.